The molecule has 1 heterocycles. The molecule has 4 amide bonds. The second-order valence-electron chi connectivity index (χ2n) is 11.1. The molecule has 12 nitrogen and oxygen atoms in total. The lowest BCUT2D eigenvalue weighted by Gasteiger charge is -2.28. The quantitative estimate of drug-likeness (QED) is 0.353. The molecule has 1 aliphatic carbocycles. The van der Waals surface area contributed by atoms with Crippen LogP contribution in [0.1, 0.15) is 72.9 Å². The predicted molar refractivity (Wildman–Crippen MR) is 131 cm³/mol. The highest BCUT2D eigenvalue weighted by Crippen LogP contribution is 2.28. The fourth-order valence-corrected chi connectivity index (χ4v) is 3.76. The minimum atomic E-state index is -0.990. The fraction of sp³-hybridized carbons (Fsp3) is 0.708. The van der Waals surface area contributed by atoms with Gasteiger partial charge >= 0.3 is 12.2 Å². The van der Waals surface area contributed by atoms with Crippen molar-refractivity contribution in [2.45, 2.75) is 90.9 Å². The van der Waals surface area contributed by atoms with Crippen LogP contribution < -0.4 is 21.5 Å². The van der Waals surface area contributed by atoms with E-state index in [1.807, 2.05) is 20.8 Å². The maximum atomic E-state index is 12.8. The lowest BCUT2D eigenvalue weighted by molar-refractivity contribution is -0.132. The molecule has 2 rings (SSSR count). The van der Waals surface area contributed by atoms with Gasteiger partial charge in [0, 0.05) is 30.8 Å². The Bertz CT molecular complexity index is 882. The number of carbonyl (C=O) groups excluding carboxylic acids is 4. The lowest BCUT2D eigenvalue weighted by atomic mass is 9.81. The molecule has 5 N–H and O–H groups in total. The molecule has 12 heteroatoms. The van der Waals surface area contributed by atoms with Crippen molar-refractivity contribution in [2.75, 3.05) is 6.54 Å². The molecule has 1 aromatic heterocycles. The Morgan fingerprint density at radius 1 is 0.972 bits per heavy atom. The first-order valence-electron chi connectivity index (χ1n) is 12.2. The number of ether oxygens (including phenoxy) is 2. The van der Waals surface area contributed by atoms with Crippen LogP contribution in [0.4, 0.5) is 9.59 Å². The Morgan fingerprint density at radius 2 is 1.58 bits per heavy atom. The zero-order valence-electron chi connectivity index (χ0n) is 22.0. The second-order valence-corrected chi connectivity index (χ2v) is 11.1. The van der Waals surface area contributed by atoms with E-state index in [1.165, 1.54) is 6.33 Å². The number of hydrogen-bond donors (Lipinski definition) is 5. The van der Waals surface area contributed by atoms with Gasteiger partial charge in [-0.25, -0.2) is 14.6 Å². The number of nitrogens with one attached hydrogen (secondary N) is 5. The first-order valence-corrected chi connectivity index (χ1v) is 12.2. The highest BCUT2D eigenvalue weighted by atomic mass is 16.6. The smallest absolute Gasteiger partial charge is 0.408 e. The summed E-state index contributed by atoms with van der Waals surface area (Å²) in [5.41, 5.74) is 4.25. The highest BCUT2D eigenvalue weighted by molar-refractivity contribution is 5.88. The van der Waals surface area contributed by atoms with E-state index < -0.39 is 35.3 Å². The van der Waals surface area contributed by atoms with Crippen LogP contribution in [-0.2, 0) is 25.5 Å². The standard InChI is InChI=1S/C24H40N6O6/c1-23(2,3)35-21(33)26-12-15-7-9-16(10-8-15)19(31)29-30-20(32)18(11-17-13-25-14-27-17)28-22(34)36-24(4,5)6/h13-16,18H,7-12H2,1-6H3,(H,25,27)(H,26,33)(H,28,34)(H,29,31)(H,30,32). The van der Waals surface area contributed by atoms with E-state index in [9.17, 15) is 19.2 Å². The number of aromatic nitrogens is 2. The molecule has 36 heavy (non-hydrogen) atoms. The monoisotopic (exact) mass is 508 g/mol. The third kappa shape index (κ3) is 11.0. The van der Waals surface area contributed by atoms with Gasteiger partial charge in [-0.05, 0) is 73.1 Å². The maximum Gasteiger partial charge on any atom is 0.408 e. The number of H-pyrrole nitrogens is 1. The number of nitrogens with zero attached hydrogens (tertiary/aromatic N) is 1. The van der Waals surface area contributed by atoms with Gasteiger partial charge in [0.15, 0.2) is 0 Å². The highest BCUT2D eigenvalue weighted by Gasteiger charge is 2.29. The van der Waals surface area contributed by atoms with Crippen LogP contribution in [0, 0.1) is 11.8 Å². The molecule has 1 saturated carbocycles. The van der Waals surface area contributed by atoms with Gasteiger partial charge in [0.05, 0.1) is 6.33 Å². The van der Waals surface area contributed by atoms with E-state index in [0.717, 1.165) is 12.8 Å². The third-order valence-corrected chi connectivity index (χ3v) is 5.45. The Morgan fingerprint density at radius 3 is 2.14 bits per heavy atom. The van der Waals surface area contributed by atoms with Gasteiger partial charge in [-0.1, -0.05) is 0 Å². The number of carbonyl (C=O) groups is 4. The van der Waals surface area contributed by atoms with Crippen LogP contribution in [0.15, 0.2) is 12.5 Å². The van der Waals surface area contributed by atoms with Crippen molar-refractivity contribution in [1.82, 2.24) is 31.5 Å². The van der Waals surface area contributed by atoms with Crippen molar-refractivity contribution in [3.8, 4) is 0 Å². The van der Waals surface area contributed by atoms with Crippen molar-refractivity contribution in [1.29, 1.82) is 0 Å². The Labute approximate surface area is 212 Å². The van der Waals surface area contributed by atoms with Crippen LogP contribution in [0.3, 0.4) is 0 Å². The minimum Gasteiger partial charge on any atom is -0.444 e. The van der Waals surface area contributed by atoms with Crippen LogP contribution in [0.25, 0.3) is 0 Å². The van der Waals surface area contributed by atoms with Crippen molar-refractivity contribution < 1.29 is 28.7 Å². The SMILES string of the molecule is CC(C)(C)OC(=O)NCC1CCC(C(=O)NNC(=O)C(Cc2cnc[nH]2)NC(=O)OC(C)(C)C)CC1. The van der Waals surface area contributed by atoms with Gasteiger partial charge < -0.3 is 25.1 Å². The van der Waals surface area contributed by atoms with Crippen LogP contribution in [-0.4, -0.2) is 57.8 Å². The lowest BCUT2D eigenvalue weighted by Crippen LogP contribution is -2.54. The molecule has 0 radical (unpaired) electrons. The molecular weight excluding hydrogens is 468 g/mol. The van der Waals surface area contributed by atoms with E-state index in [4.69, 9.17) is 9.47 Å². The molecule has 0 bridgehead atoms. The largest absolute Gasteiger partial charge is 0.444 e. The summed E-state index contributed by atoms with van der Waals surface area (Å²) >= 11 is 0. The van der Waals surface area contributed by atoms with Gasteiger partial charge in [-0.2, -0.15) is 0 Å². The van der Waals surface area contributed by atoms with Gasteiger partial charge in [0.1, 0.15) is 17.2 Å². The Hall–Kier alpha value is -3.31. The zero-order valence-corrected chi connectivity index (χ0v) is 22.0. The average Bonchev–Trinajstić information content (AvgIpc) is 3.26. The van der Waals surface area contributed by atoms with Gasteiger partial charge in [0.2, 0.25) is 5.91 Å². The Balaban J connectivity index is 1.80. The topological polar surface area (TPSA) is 164 Å². The molecule has 1 unspecified atom stereocenters. The molecule has 1 aromatic rings. The summed E-state index contributed by atoms with van der Waals surface area (Å²) in [6.07, 6.45) is 4.77. The molecule has 0 spiro atoms. The van der Waals surface area contributed by atoms with E-state index in [-0.39, 0.29) is 24.2 Å². The molecule has 1 aliphatic rings. The van der Waals surface area contributed by atoms with Crippen molar-refractivity contribution in [3.63, 3.8) is 0 Å². The predicted octanol–water partition coefficient (Wildman–Crippen LogP) is 2.32. The summed E-state index contributed by atoms with van der Waals surface area (Å²) < 4.78 is 10.5. The molecular formula is C24H40N6O6. The van der Waals surface area contributed by atoms with E-state index in [1.54, 1.807) is 27.0 Å². The molecule has 0 aliphatic heterocycles. The average molecular weight is 509 g/mol. The zero-order chi connectivity index (χ0) is 26.9. The summed E-state index contributed by atoms with van der Waals surface area (Å²) in [5.74, 6) is -0.876. The fourth-order valence-electron chi connectivity index (χ4n) is 3.76. The molecule has 0 saturated heterocycles. The van der Waals surface area contributed by atoms with Crippen LogP contribution in [0.5, 0.6) is 0 Å². The number of hydrogen-bond acceptors (Lipinski definition) is 7. The molecule has 202 valence electrons. The summed E-state index contributed by atoms with van der Waals surface area (Å²) in [7, 11) is 0. The normalized spacial score (nSPS) is 18.9. The van der Waals surface area contributed by atoms with E-state index >= 15 is 0 Å². The van der Waals surface area contributed by atoms with Gasteiger partial charge in [0.25, 0.3) is 5.91 Å². The summed E-state index contributed by atoms with van der Waals surface area (Å²) in [5, 5.41) is 5.32. The van der Waals surface area contributed by atoms with Crippen molar-refractivity contribution >= 4 is 24.0 Å². The molecule has 1 atom stereocenters. The van der Waals surface area contributed by atoms with Gasteiger partial charge in [-0.3, -0.25) is 20.4 Å². The maximum absolute atomic E-state index is 12.8. The van der Waals surface area contributed by atoms with Crippen LogP contribution >= 0.6 is 0 Å². The first kappa shape index (κ1) is 28.9. The number of imidazole rings is 1. The van der Waals surface area contributed by atoms with E-state index in [2.05, 4.69) is 31.5 Å². The number of hydrazine groups is 1. The number of alkyl carbamates (subject to hydrolysis) is 2. The summed E-state index contributed by atoms with van der Waals surface area (Å²) in [6, 6.07) is -0.990. The van der Waals surface area contributed by atoms with Gasteiger partial charge in [-0.15, -0.1) is 0 Å². The molecule has 1 fully saturated rings. The first-order chi connectivity index (χ1) is 16.7. The number of aromatic amines is 1. The Kier molecular flexibility index (Phi) is 10.1. The second kappa shape index (κ2) is 12.6. The summed E-state index contributed by atoms with van der Waals surface area (Å²) in [4.78, 5) is 56.3. The van der Waals surface area contributed by atoms with E-state index in [0.29, 0.717) is 25.1 Å². The number of rotatable bonds is 7. The third-order valence-electron chi connectivity index (χ3n) is 5.45. The van der Waals surface area contributed by atoms with Crippen molar-refractivity contribution in [2.24, 2.45) is 11.8 Å². The van der Waals surface area contributed by atoms with Crippen LogP contribution in [0.2, 0.25) is 0 Å². The summed E-state index contributed by atoms with van der Waals surface area (Å²) in [6.45, 7) is 11.1. The van der Waals surface area contributed by atoms with Crippen molar-refractivity contribution in [3.05, 3.63) is 18.2 Å². The molecule has 0 aromatic carbocycles. The minimum absolute atomic E-state index is 0.136. The number of amides is 4.